The van der Waals surface area contributed by atoms with Crippen molar-refractivity contribution < 1.29 is 4.79 Å². The van der Waals surface area contributed by atoms with E-state index in [1.165, 1.54) is 12.8 Å². The van der Waals surface area contributed by atoms with Crippen molar-refractivity contribution in [2.24, 2.45) is 11.7 Å². The number of amides is 1. The Morgan fingerprint density at radius 3 is 2.88 bits per heavy atom. The Morgan fingerprint density at radius 1 is 1.62 bits per heavy atom. The Balaban J connectivity index is 2.36. The number of hydrogen-bond donors (Lipinski definition) is 2. The molecule has 0 aromatic heterocycles. The van der Waals surface area contributed by atoms with E-state index in [0.717, 1.165) is 32.6 Å². The van der Waals surface area contributed by atoms with E-state index in [1.807, 2.05) is 6.92 Å². The quantitative estimate of drug-likeness (QED) is 0.668. The van der Waals surface area contributed by atoms with Gasteiger partial charge in [0.05, 0.1) is 0 Å². The SMILES string of the molecule is CCCN(CC1CCCN1)CC(C)C(N)=O. The highest BCUT2D eigenvalue weighted by molar-refractivity contribution is 5.76. The Kier molecular flexibility index (Phi) is 5.77. The van der Waals surface area contributed by atoms with Crippen molar-refractivity contribution in [1.82, 2.24) is 10.2 Å². The Hall–Kier alpha value is -0.610. The van der Waals surface area contributed by atoms with Crippen LogP contribution in [-0.4, -0.2) is 43.0 Å². The highest BCUT2D eigenvalue weighted by atomic mass is 16.1. The maximum absolute atomic E-state index is 11.1. The van der Waals surface area contributed by atoms with Gasteiger partial charge in [-0.05, 0) is 32.4 Å². The van der Waals surface area contributed by atoms with Crippen LogP contribution in [0.25, 0.3) is 0 Å². The van der Waals surface area contributed by atoms with Gasteiger partial charge in [0.2, 0.25) is 5.91 Å². The second-order valence-electron chi connectivity index (χ2n) is 4.86. The van der Waals surface area contributed by atoms with Crippen LogP contribution < -0.4 is 11.1 Å². The zero-order valence-corrected chi connectivity index (χ0v) is 10.5. The Morgan fingerprint density at radius 2 is 2.38 bits per heavy atom. The molecule has 2 unspecified atom stereocenters. The fraction of sp³-hybridized carbons (Fsp3) is 0.917. The van der Waals surface area contributed by atoms with Crippen LogP contribution in [0.5, 0.6) is 0 Å². The van der Waals surface area contributed by atoms with E-state index in [9.17, 15) is 4.79 Å². The summed E-state index contributed by atoms with van der Waals surface area (Å²) in [7, 11) is 0. The lowest BCUT2D eigenvalue weighted by Crippen LogP contribution is -2.42. The number of nitrogens with zero attached hydrogens (tertiary/aromatic N) is 1. The monoisotopic (exact) mass is 227 g/mol. The van der Waals surface area contributed by atoms with Crippen LogP contribution in [0.1, 0.15) is 33.1 Å². The molecule has 0 aromatic rings. The van der Waals surface area contributed by atoms with Gasteiger partial charge < -0.3 is 16.0 Å². The third-order valence-electron chi connectivity index (χ3n) is 3.20. The summed E-state index contributed by atoms with van der Waals surface area (Å²) >= 11 is 0. The first-order valence-electron chi connectivity index (χ1n) is 6.38. The van der Waals surface area contributed by atoms with Gasteiger partial charge in [-0.3, -0.25) is 4.79 Å². The van der Waals surface area contributed by atoms with Crippen molar-refractivity contribution in [3.05, 3.63) is 0 Å². The van der Waals surface area contributed by atoms with Crippen molar-refractivity contribution >= 4 is 5.91 Å². The lowest BCUT2D eigenvalue weighted by atomic mass is 10.1. The van der Waals surface area contributed by atoms with Crippen molar-refractivity contribution in [1.29, 1.82) is 0 Å². The van der Waals surface area contributed by atoms with E-state index in [2.05, 4.69) is 17.1 Å². The minimum absolute atomic E-state index is 0.0482. The summed E-state index contributed by atoms with van der Waals surface area (Å²) in [6, 6.07) is 0.603. The molecule has 1 rings (SSSR count). The van der Waals surface area contributed by atoms with Gasteiger partial charge in [-0.2, -0.15) is 0 Å². The van der Waals surface area contributed by atoms with Crippen molar-refractivity contribution in [3.8, 4) is 0 Å². The van der Waals surface area contributed by atoms with Gasteiger partial charge >= 0.3 is 0 Å². The van der Waals surface area contributed by atoms with E-state index in [4.69, 9.17) is 5.73 Å². The first-order valence-corrected chi connectivity index (χ1v) is 6.38. The molecule has 2 atom stereocenters. The smallest absolute Gasteiger partial charge is 0.221 e. The van der Waals surface area contributed by atoms with Crippen LogP contribution in [0.2, 0.25) is 0 Å². The standard InChI is InChI=1S/C12H25N3O/c1-3-7-15(8-10(2)12(13)16)9-11-5-4-6-14-11/h10-11,14H,3-9H2,1-2H3,(H2,13,16). The molecule has 1 amide bonds. The number of rotatable bonds is 7. The van der Waals surface area contributed by atoms with Gasteiger partial charge in [-0.15, -0.1) is 0 Å². The van der Waals surface area contributed by atoms with Gasteiger partial charge in [-0.25, -0.2) is 0 Å². The maximum Gasteiger partial charge on any atom is 0.221 e. The molecule has 1 fully saturated rings. The van der Waals surface area contributed by atoms with Gasteiger partial charge in [0.1, 0.15) is 0 Å². The summed E-state index contributed by atoms with van der Waals surface area (Å²) in [5.74, 6) is -0.242. The molecule has 0 aromatic carbocycles. The van der Waals surface area contributed by atoms with Gasteiger partial charge in [-0.1, -0.05) is 13.8 Å². The highest BCUT2D eigenvalue weighted by Gasteiger charge is 2.20. The minimum atomic E-state index is -0.194. The summed E-state index contributed by atoms with van der Waals surface area (Å²) in [5.41, 5.74) is 5.31. The molecule has 3 N–H and O–H groups in total. The molecule has 4 nitrogen and oxygen atoms in total. The largest absolute Gasteiger partial charge is 0.369 e. The number of carbonyl (C=O) groups excluding carboxylic acids is 1. The van der Waals surface area contributed by atoms with Gasteiger partial charge in [0, 0.05) is 25.0 Å². The topological polar surface area (TPSA) is 58.4 Å². The number of carbonyl (C=O) groups is 1. The molecule has 4 heteroatoms. The maximum atomic E-state index is 11.1. The molecule has 0 bridgehead atoms. The zero-order valence-electron chi connectivity index (χ0n) is 10.5. The molecule has 1 aliphatic heterocycles. The molecule has 0 spiro atoms. The summed E-state index contributed by atoms with van der Waals surface area (Å²) in [6.07, 6.45) is 3.65. The Labute approximate surface area is 98.6 Å². The molecular formula is C12H25N3O. The molecular weight excluding hydrogens is 202 g/mol. The van der Waals surface area contributed by atoms with Crippen LogP contribution in [-0.2, 0) is 4.79 Å². The molecule has 0 radical (unpaired) electrons. The van der Waals surface area contributed by atoms with Crippen molar-refractivity contribution in [2.75, 3.05) is 26.2 Å². The average molecular weight is 227 g/mol. The molecule has 16 heavy (non-hydrogen) atoms. The molecule has 1 heterocycles. The average Bonchev–Trinajstić information content (AvgIpc) is 2.70. The molecule has 0 saturated carbocycles. The summed E-state index contributed by atoms with van der Waals surface area (Å²) in [5, 5.41) is 3.49. The fourth-order valence-electron chi connectivity index (χ4n) is 2.27. The van der Waals surface area contributed by atoms with E-state index in [1.54, 1.807) is 0 Å². The second-order valence-corrected chi connectivity index (χ2v) is 4.86. The molecule has 94 valence electrons. The lowest BCUT2D eigenvalue weighted by molar-refractivity contribution is -0.121. The summed E-state index contributed by atoms with van der Waals surface area (Å²) in [4.78, 5) is 13.4. The third kappa shape index (κ3) is 4.49. The van der Waals surface area contributed by atoms with Gasteiger partial charge in [0.25, 0.3) is 0 Å². The molecule has 1 aliphatic rings. The molecule has 0 aliphatic carbocycles. The number of nitrogens with two attached hydrogens (primary N) is 1. The second kappa shape index (κ2) is 6.86. The van der Waals surface area contributed by atoms with Crippen LogP contribution in [0.3, 0.4) is 0 Å². The number of primary amides is 1. The zero-order chi connectivity index (χ0) is 12.0. The van der Waals surface area contributed by atoms with E-state index >= 15 is 0 Å². The van der Waals surface area contributed by atoms with Crippen LogP contribution in [0, 0.1) is 5.92 Å². The van der Waals surface area contributed by atoms with E-state index in [-0.39, 0.29) is 11.8 Å². The predicted octanol–water partition coefficient (Wildman–Crippen LogP) is 0.572. The van der Waals surface area contributed by atoms with Crippen LogP contribution in [0.4, 0.5) is 0 Å². The first kappa shape index (κ1) is 13.5. The van der Waals surface area contributed by atoms with Crippen LogP contribution in [0.15, 0.2) is 0 Å². The third-order valence-corrected chi connectivity index (χ3v) is 3.20. The van der Waals surface area contributed by atoms with Crippen molar-refractivity contribution in [2.45, 2.75) is 39.2 Å². The molecule has 1 saturated heterocycles. The van der Waals surface area contributed by atoms with E-state index < -0.39 is 0 Å². The van der Waals surface area contributed by atoms with Gasteiger partial charge in [0.15, 0.2) is 0 Å². The Bertz CT molecular complexity index is 214. The number of hydrogen-bond acceptors (Lipinski definition) is 3. The van der Waals surface area contributed by atoms with E-state index in [0.29, 0.717) is 6.04 Å². The van der Waals surface area contributed by atoms with Crippen LogP contribution >= 0.6 is 0 Å². The number of nitrogens with one attached hydrogen (secondary N) is 1. The lowest BCUT2D eigenvalue weighted by Gasteiger charge is -2.27. The highest BCUT2D eigenvalue weighted by Crippen LogP contribution is 2.09. The normalized spacial score (nSPS) is 22.6. The minimum Gasteiger partial charge on any atom is -0.369 e. The van der Waals surface area contributed by atoms with Crippen molar-refractivity contribution in [3.63, 3.8) is 0 Å². The summed E-state index contributed by atoms with van der Waals surface area (Å²) in [6.45, 7) is 8.11. The predicted molar refractivity (Wildman–Crippen MR) is 66.1 cm³/mol. The fourth-order valence-corrected chi connectivity index (χ4v) is 2.27. The summed E-state index contributed by atoms with van der Waals surface area (Å²) < 4.78 is 0. The first-order chi connectivity index (χ1) is 7.63.